The van der Waals surface area contributed by atoms with Crippen LogP contribution < -0.4 is 5.32 Å². The highest BCUT2D eigenvalue weighted by Gasteiger charge is 2.07. The summed E-state index contributed by atoms with van der Waals surface area (Å²) in [5.41, 5.74) is 3.62. The summed E-state index contributed by atoms with van der Waals surface area (Å²) in [6.07, 6.45) is 3.46. The first kappa shape index (κ1) is 13.6. The molecule has 3 aromatic heterocycles. The summed E-state index contributed by atoms with van der Waals surface area (Å²) < 4.78 is 15.5. The van der Waals surface area contributed by atoms with E-state index in [2.05, 4.69) is 20.3 Å². The zero-order valence-corrected chi connectivity index (χ0v) is 12.5. The highest BCUT2D eigenvalue weighted by atomic mass is 19.1. The van der Waals surface area contributed by atoms with Crippen LogP contribution in [0.3, 0.4) is 0 Å². The largest absolute Gasteiger partial charge is 0.364 e. The number of halogens is 1. The lowest BCUT2D eigenvalue weighted by Gasteiger charge is -2.06. The van der Waals surface area contributed by atoms with Crippen molar-refractivity contribution in [2.24, 2.45) is 0 Å². The summed E-state index contributed by atoms with van der Waals surface area (Å²) in [6, 6.07) is 10.5. The third-order valence-corrected chi connectivity index (χ3v) is 3.78. The third kappa shape index (κ3) is 2.48. The normalized spacial score (nSPS) is 11.2. The number of aryl methyl sites for hydroxylation is 1. The molecule has 0 radical (unpaired) electrons. The van der Waals surface area contributed by atoms with E-state index in [1.807, 2.05) is 35.7 Å². The molecule has 0 aliphatic heterocycles. The van der Waals surface area contributed by atoms with E-state index in [1.54, 1.807) is 6.07 Å². The molecule has 0 saturated heterocycles. The number of aromatic nitrogens is 4. The minimum absolute atomic E-state index is 0.307. The topological polar surface area (TPSA) is 55.1 Å². The fraction of sp³-hybridized carbons (Fsp3) is 0.118. The van der Waals surface area contributed by atoms with Gasteiger partial charge in [-0.05, 0) is 37.3 Å². The number of anilines is 1. The Labute approximate surface area is 131 Å². The Kier molecular flexibility index (Phi) is 3.15. The fourth-order valence-electron chi connectivity index (χ4n) is 2.63. The standard InChI is InChI=1S/C17H14FN5/c1-11-3-2-4-16-22-13(9-23(11)16)8-19-17-14-7-12(18)5-6-15(14)20-10-21-17/h2-7,9-10H,8H2,1H3,(H,19,20,21). The zero-order chi connectivity index (χ0) is 15.8. The molecule has 0 spiro atoms. The highest BCUT2D eigenvalue weighted by Crippen LogP contribution is 2.20. The maximum atomic E-state index is 13.5. The summed E-state index contributed by atoms with van der Waals surface area (Å²) in [6.45, 7) is 2.54. The lowest BCUT2D eigenvalue weighted by Crippen LogP contribution is -2.03. The first-order valence-corrected chi connectivity index (χ1v) is 7.28. The van der Waals surface area contributed by atoms with Crippen molar-refractivity contribution in [2.45, 2.75) is 13.5 Å². The summed E-state index contributed by atoms with van der Waals surface area (Å²) in [5.74, 6) is 0.294. The van der Waals surface area contributed by atoms with Gasteiger partial charge in [-0.2, -0.15) is 0 Å². The lowest BCUT2D eigenvalue weighted by molar-refractivity contribution is 0.629. The van der Waals surface area contributed by atoms with Gasteiger partial charge < -0.3 is 9.72 Å². The van der Waals surface area contributed by atoms with Gasteiger partial charge in [-0.3, -0.25) is 0 Å². The molecule has 0 aliphatic carbocycles. The minimum atomic E-state index is -0.307. The molecule has 6 heteroatoms. The van der Waals surface area contributed by atoms with Crippen LogP contribution in [-0.4, -0.2) is 19.4 Å². The molecule has 0 saturated carbocycles. The first-order chi connectivity index (χ1) is 11.2. The maximum absolute atomic E-state index is 13.5. The number of pyridine rings is 1. The Balaban J connectivity index is 1.65. The first-order valence-electron chi connectivity index (χ1n) is 7.28. The molecular weight excluding hydrogens is 293 g/mol. The van der Waals surface area contributed by atoms with Crippen LogP contribution in [-0.2, 0) is 6.54 Å². The molecule has 4 aromatic rings. The predicted octanol–water partition coefficient (Wildman–Crippen LogP) is 3.34. The van der Waals surface area contributed by atoms with Gasteiger partial charge in [0.25, 0.3) is 0 Å². The smallest absolute Gasteiger partial charge is 0.137 e. The predicted molar refractivity (Wildman–Crippen MR) is 86.8 cm³/mol. The average Bonchev–Trinajstić information content (AvgIpc) is 2.97. The van der Waals surface area contributed by atoms with E-state index in [-0.39, 0.29) is 5.82 Å². The van der Waals surface area contributed by atoms with E-state index in [9.17, 15) is 4.39 Å². The molecule has 5 nitrogen and oxygen atoms in total. The van der Waals surface area contributed by atoms with Gasteiger partial charge in [0.2, 0.25) is 0 Å². The van der Waals surface area contributed by atoms with Crippen molar-refractivity contribution in [3.05, 3.63) is 66.1 Å². The minimum Gasteiger partial charge on any atom is -0.364 e. The van der Waals surface area contributed by atoms with Crippen LogP contribution in [0.2, 0.25) is 0 Å². The number of rotatable bonds is 3. The van der Waals surface area contributed by atoms with Gasteiger partial charge in [-0.25, -0.2) is 19.3 Å². The Bertz CT molecular complexity index is 1010. The van der Waals surface area contributed by atoms with Crippen molar-refractivity contribution < 1.29 is 4.39 Å². The Morgan fingerprint density at radius 1 is 1.17 bits per heavy atom. The zero-order valence-electron chi connectivity index (χ0n) is 12.5. The molecule has 3 heterocycles. The molecule has 0 fully saturated rings. The molecule has 4 rings (SSSR count). The number of nitrogens with zero attached hydrogens (tertiary/aromatic N) is 4. The van der Waals surface area contributed by atoms with Crippen molar-refractivity contribution in [1.82, 2.24) is 19.4 Å². The molecule has 0 bridgehead atoms. The van der Waals surface area contributed by atoms with Crippen LogP contribution >= 0.6 is 0 Å². The van der Waals surface area contributed by atoms with Crippen LogP contribution in [0.25, 0.3) is 16.6 Å². The number of imidazole rings is 1. The molecule has 0 amide bonds. The highest BCUT2D eigenvalue weighted by molar-refractivity contribution is 5.88. The summed E-state index contributed by atoms with van der Waals surface area (Å²) in [5, 5.41) is 3.88. The third-order valence-electron chi connectivity index (χ3n) is 3.78. The van der Waals surface area contributed by atoms with Crippen molar-refractivity contribution in [3.63, 3.8) is 0 Å². The molecule has 1 aromatic carbocycles. The number of hydrogen-bond donors (Lipinski definition) is 1. The van der Waals surface area contributed by atoms with Gasteiger partial charge in [-0.15, -0.1) is 0 Å². The van der Waals surface area contributed by atoms with Gasteiger partial charge in [0.15, 0.2) is 0 Å². The van der Waals surface area contributed by atoms with E-state index in [4.69, 9.17) is 0 Å². The number of benzene rings is 1. The van der Waals surface area contributed by atoms with Crippen molar-refractivity contribution in [1.29, 1.82) is 0 Å². The van der Waals surface area contributed by atoms with Crippen molar-refractivity contribution in [3.8, 4) is 0 Å². The van der Waals surface area contributed by atoms with Gasteiger partial charge in [0, 0.05) is 17.3 Å². The van der Waals surface area contributed by atoms with Gasteiger partial charge in [0.1, 0.15) is 23.6 Å². The van der Waals surface area contributed by atoms with E-state index in [1.165, 1.54) is 18.5 Å². The summed E-state index contributed by atoms with van der Waals surface area (Å²) in [7, 11) is 0. The fourth-order valence-corrected chi connectivity index (χ4v) is 2.63. The Morgan fingerprint density at radius 2 is 2.09 bits per heavy atom. The Morgan fingerprint density at radius 3 is 2.96 bits per heavy atom. The van der Waals surface area contributed by atoms with Crippen LogP contribution in [0.4, 0.5) is 10.2 Å². The van der Waals surface area contributed by atoms with Gasteiger partial charge in [-0.1, -0.05) is 6.07 Å². The molecule has 0 atom stereocenters. The molecule has 114 valence electrons. The SMILES string of the molecule is Cc1cccc2nc(CNc3ncnc4ccc(F)cc34)cn12. The van der Waals surface area contributed by atoms with E-state index < -0.39 is 0 Å². The summed E-state index contributed by atoms with van der Waals surface area (Å²) >= 11 is 0. The second kappa shape index (κ2) is 5.31. The second-order valence-corrected chi connectivity index (χ2v) is 5.36. The quantitative estimate of drug-likeness (QED) is 0.631. The lowest BCUT2D eigenvalue weighted by atomic mass is 10.2. The number of hydrogen-bond acceptors (Lipinski definition) is 4. The molecule has 23 heavy (non-hydrogen) atoms. The molecular formula is C17H14FN5. The van der Waals surface area contributed by atoms with Crippen molar-refractivity contribution in [2.75, 3.05) is 5.32 Å². The molecule has 1 N–H and O–H groups in total. The second-order valence-electron chi connectivity index (χ2n) is 5.36. The molecule has 0 unspecified atom stereocenters. The number of fused-ring (bicyclic) bond motifs is 2. The van der Waals surface area contributed by atoms with E-state index in [0.717, 1.165) is 17.0 Å². The van der Waals surface area contributed by atoms with E-state index in [0.29, 0.717) is 23.3 Å². The van der Waals surface area contributed by atoms with Gasteiger partial charge in [0.05, 0.1) is 17.8 Å². The summed E-state index contributed by atoms with van der Waals surface area (Å²) in [4.78, 5) is 12.9. The van der Waals surface area contributed by atoms with Crippen LogP contribution in [0.5, 0.6) is 0 Å². The van der Waals surface area contributed by atoms with Crippen LogP contribution in [0.15, 0.2) is 48.9 Å². The van der Waals surface area contributed by atoms with E-state index >= 15 is 0 Å². The number of nitrogens with one attached hydrogen (secondary N) is 1. The van der Waals surface area contributed by atoms with Crippen LogP contribution in [0, 0.1) is 12.7 Å². The Hall–Kier alpha value is -3.02. The van der Waals surface area contributed by atoms with Gasteiger partial charge >= 0.3 is 0 Å². The maximum Gasteiger partial charge on any atom is 0.137 e. The average molecular weight is 307 g/mol. The van der Waals surface area contributed by atoms with Crippen molar-refractivity contribution >= 4 is 22.4 Å². The van der Waals surface area contributed by atoms with Crippen LogP contribution in [0.1, 0.15) is 11.4 Å². The molecule has 0 aliphatic rings. The monoisotopic (exact) mass is 307 g/mol.